The quantitative estimate of drug-likeness (QED) is 0.656. The zero-order chi connectivity index (χ0) is 14.7. The van der Waals surface area contributed by atoms with E-state index in [0.29, 0.717) is 36.3 Å². The molecule has 0 aromatic rings. The SMILES string of the molecule is CC1CN(C)C2OC2C2C3CNCCC3N(C)N2CC1C. The van der Waals surface area contributed by atoms with Crippen LogP contribution in [0.5, 0.6) is 0 Å². The number of piperidine rings is 1. The summed E-state index contributed by atoms with van der Waals surface area (Å²) in [5.74, 6) is 2.16. The molecule has 0 aromatic heterocycles. The maximum atomic E-state index is 6.13. The number of fused-ring (bicyclic) bond motifs is 5. The molecule has 0 amide bonds. The first kappa shape index (κ1) is 14.4. The smallest absolute Gasteiger partial charge is 0.139 e. The van der Waals surface area contributed by atoms with E-state index in [-0.39, 0.29) is 0 Å². The summed E-state index contributed by atoms with van der Waals surface area (Å²) in [6, 6.07) is 1.27. The Morgan fingerprint density at radius 1 is 1.10 bits per heavy atom. The molecule has 4 fully saturated rings. The number of likely N-dealkylation sites (N-methyl/N-ethyl adjacent to an activating group) is 1. The molecule has 120 valence electrons. The molecular formula is C16H30N4O. The largest absolute Gasteiger partial charge is 0.351 e. The molecule has 4 rings (SSSR count). The second kappa shape index (κ2) is 5.17. The van der Waals surface area contributed by atoms with Gasteiger partial charge in [-0.15, -0.1) is 0 Å². The van der Waals surface area contributed by atoms with E-state index in [1.165, 1.54) is 13.0 Å². The van der Waals surface area contributed by atoms with Gasteiger partial charge in [0.1, 0.15) is 12.3 Å². The first-order valence-electron chi connectivity index (χ1n) is 8.63. The van der Waals surface area contributed by atoms with Crippen molar-refractivity contribution in [1.29, 1.82) is 0 Å². The van der Waals surface area contributed by atoms with Gasteiger partial charge in [-0.25, -0.2) is 10.0 Å². The van der Waals surface area contributed by atoms with Gasteiger partial charge in [0.05, 0.1) is 6.04 Å². The van der Waals surface area contributed by atoms with Crippen LogP contribution in [0.2, 0.25) is 0 Å². The third-order valence-electron chi connectivity index (χ3n) is 6.45. The molecule has 4 aliphatic heterocycles. The van der Waals surface area contributed by atoms with Crippen molar-refractivity contribution in [3.8, 4) is 0 Å². The van der Waals surface area contributed by atoms with Gasteiger partial charge in [0.2, 0.25) is 0 Å². The molecule has 0 bridgehead atoms. The number of nitrogens with zero attached hydrogens (tertiary/aromatic N) is 3. The number of hydrazine groups is 1. The van der Waals surface area contributed by atoms with Crippen molar-refractivity contribution >= 4 is 0 Å². The van der Waals surface area contributed by atoms with Crippen molar-refractivity contribution in [2.75, 3.05) is 40.3 Å². The van der Waals surface area contributed by atoms with Crippen molar-refractivity contribution in [3.63, 3.8) is 0 Å². The number of epoxide rings is 1. The Morgan fingerprint density at radius 3 is 2.67 bits per heavy atom. The molecular weight excluding hydrogens is 264 g/mol. The van der Waals surface area contributed by atoms with Crippen LogP contribution in [0.15, 0.2) is 0 Å². The van der Waals surface area contributed by atoms with Crippen LogP contribution in [0.4, 0.5) is 0 Å². The lowest BCUT2D eigenvalue weighted by Crippen LogP contribution is -2.46. The van der Waals surface area contributed by atoms with Gasteiger partial charge >= 0.3 is 0 Å². The molecule has 0 spiro atoms. The van der Waals surface area contributed by atoms with Crippen LogP contribution >= 0.6 is 0 Å². The van der Waals surface area contributed by atoms with Crippen LogP contribution in [-0.2, 0) is 4.74 Å². The average molecular weight is 294 g/mol. The fourth-order valence-corrected chi connectivity index (χ4v) is 4.90. The maximum Gasteiger partial charge on any atom is 0.139 e. The van der Waals surface area contributed by atoms with Crippen LogP contribution in [0.3, 0.4) is 0 Å². The van der Waals surface area contributed by atoms with Gasteiger partial charge in [0.15, 0.2) is 0 Å². The molecule has 5 nitrogen and oxygen atoms in total. The summed E-state index contributed by atoms with van der Waals surface area (Å²) in [6.45, 7) is 9.45. The minimum absolute atomic E-state index is 0.347. The lowest BCUT2D eigenvalue weighted by molar-refractivity contribution is -0.0271. The fourth-order valence-electron chi connectivity index (χ4n) is 4.90. The second-order valence-electron chi connectivity index (χ2n) is 7.80. The number of hydrogen-bond donors (Lipinski definition) is 1. The van der Waals surface area contributed by atoms with E-state index in [1.807, 2.05) is 0 Å². The van der Waals surface area contributed by atoms with Crippen LogP contribution in [0.1, 0.15) is 20.3 Å². The first-order valence-corrected chi connectivity index (χ1v) is 8.63. The maximum absolute atomic E-state index is 6.13. The third-order valence-corrected chi connectivity index (χ3v) is 6.45. The predicted octanol–water partition coefficient (Wildman–Crippen LogP) is 0.438. The summed E-state index contributed by atoms with van der Waals surface area (Å²) in [4.78, 5) is 2.44. The highest BCUT2D eigenvalue weighted by Crippen LogP contribution is 2.44. The summed E-state index contributed by atoms with van der Waals surface area (Å²) in [5, 5.41) is 8.83. The van der Waals surface area contributed by atoms with Crippen LogP contribution in [0, 0.1) is 17.8 Å². The average Bonchev–Trinajstić information content (AvgIpc) is 3.20. The van der Waals surface area contributed by atoms with E-state index in [1.54, 1.807) is 0 Å². The zero-order valence-corrected chi connectivity index (χ0v) is 13.8. The molecule has 0 saturated carbocycles. The van der Waals surface area contributed by atoms with E-state index < -0.39 is 0 Å². The molecule has 4 heterocycles. The molecule has 1 N–H and O–H groups in total. The predicted molar refractivity (Wildman–Crippen MR) is 82.6 cm³/mol. The second-order valence-corrected chi connectivity index (χ2v) is 7.80. The van der Waals surface area contributed by atoms with Gasteiger partial charge in [0, 0.05) is 38.6 Å². The highest BCUT2D eigenvalue weighted by Gasteiger charge is 2.59. The summed E-state index contributed by atoms with van der Waals surface area (Å²) < 4.78 is 6.13. The standard InChI is InChI=1S/C16H30N4O/c1-10-8-18(3)16-15(21-16)14-12-7-17-6-5-13(12)19(4)20(14)9-11(10)2/h10-17H,5-9H2,1-4H3. The summed E-state index contributed by atoms with van der Waals surface area (Å²) in [6.07, 6.45) is 2.02. The van der Waals surface area contributed by atoms with Crippen molar-refractivity contribution < 1.29 is 4.74 Å². The lowest BCUT2D eigenvalue weighted by atomic mass is 9.87. The number of ether oxygens (including phenoxy) is 1. The highest BCUT2D eigenvalue weighted by atomic mass is 16.6. The normalized spacial score (nSPS) is 52.3. The molecule has 4 saturated heterocycles. The minimum Gasteiger partial charge on any atom is -0.351 e. The van der Waals surface area contributed by atoms with Gasteiger partial charge in [0.25, 0.3) is 0 Å². The summed E-state index contributed by atoms with van der Waals surface area (Å²) in [5.41, 5.74) is 0. The fraction of sp³-hybridized carbons (Fsp3) is 1.00. The molecule has 21 heavy (non-hydrogen) atoms. The van der Waals surface area contributed by atoms with E-state index in [2.05, 4.69) is 48.2 Å². The van der Waals surface area contributed by atoms with Crippen LogP contribution in [-0.4, -0.2) is 79.6 Å². The Hall–Kier alpha value is -0.200. The van der Waals surface area contributed by atoms with E-state index in [9.17, 15) is 0 Å². The number of rotatable bonds is 0. The van der Waals surface area contributed by atoms with Crippen LogP contribution in [0.25, 0.3) is 0 Å². The van der Waals surface area contributed by atoms with E-state index in [4.69, 9.17) is 4.74 Å². The van der Waals surface area contributed by atoms with E-state index >= 15 is 0 Å². The first-order chi connectivity index (χ1) is 10.1. The monoisotopic (exact) mass is 294 g/mol. The molecule has 0 aromatic carbocycles. The van der Waals surface area contributed by atoms with Gasteiger partial charge in [-0.3, -0.25) is 4.90 Å². The van der Waals surface area contributed by atoms with Crippen molar-refractivity contribution in [1.82, 2.24) is 20.2 Å². The Bertz CT molecular complexity index is 406. The van der Waals surface area contributed by atoms with Gasteiger partial charge in [-0.1, -0.05) is 13.8 Å². The summed E-state index contributed by atoms with van der Waals surface area (Å²) in [7, 11) is 4.54. The molecule has 7 unspecified atom stereocenters. The number of nitrogens with one attached hydrogen (secondary N) is 1. The molecule has 0 radical (unpaired) electrons. The van der Waals surface area contributed by atoms with Crippen molar-refractivity contribution in [3.05, 3.63) is 0 Å². The lowest BCUT2D eigenvalue weighted by Gasteiger charge is -2.34. The highest BCUT2D eigenvalue weighted by molar-refractivity contribution is 5.07. The van der Waals surface area contributed by atoms with Crippen molar-refractivity contribution in [2.24, 2.45) is 17.8 Å². The van der Waals surface area contributed by atoms with Crippen LogP contribution < -0.4 is 5.32 Å². The third kappa shape index (κ3) is 2.25. The van der Waals surface area contributed by atoms with Gasteiger partial charge in [-0.05, 0) is 31.8 Å². The Kier molecular flexibility index (Phi) is 3.54. The minimum atomic E-state index is 0.347. The molecule has 5 heteroatoms. The number of hydrogen-bond acceptors (Lipinski definition) is 5. The zero-order valence-electron chi connectivity index (χ0n) is 13.8. The van der Waals surface area contributed by atoms with Crippen molar-refractivity contribution in [2.45, 2.75) is 44.7 Å². The van der Waals surface area contributed by atoms with Gasteiger partial charge in [-0.2, -0.15) is 0 Å². The van der Waals surface area contributed by atoms with E-state index in [0.717, 1.165) is 25.6 Å². The van der Waals surface area contributed by atoms with Gasteiger partial charge < -0.3 is 10.1 Å². The Labute approximate surface area is 128 Å². The summed E-state index contributed by atoms with van der Waals surface area (Å²) >= 11 is 0. The Morgan fingerprint density at radius 2 is 1.86 bits per heavy atom. The molecule has 7 atom stereocenters. The molecule has 4 aliphatic rings. The topological polar surface area (TPSA) is 34.3 Å². The Balaban J connectivity index is 1.64. The molecule has 0 aliphatic carbocycles.